The van der Waals surface area contributed by atoms with Crippen molar-refractivity contribution in [2.45, 2.75) is 36.9 Å². The number of piperidine rings is 1. The molecule has 4 atom stereocenters. The van der Waals surface area contributed by atoms with Gasteiger partial charge in [0.25, 0.3) is 0 Å². The second kappa shape index (κ2) is 8.55. The van der Waals surface area contributed by atoms with Crippen LogP contribution in [0.25, 0.3) is 0 Å². The molecule has 4 rings (SSSR count). The van der Waals surface area contributed by atoms with Gasteiger partial charge in [-0.05, 0) is 11.1 Å². The van der Waals surface area contributed by atoms with Crippen molar-refractivity contribution in [3.05, 3.63) is 71.8 Å². The summed E-state index contributed by atoms with van der Waals surface area (Å²) in [6.45, 7) is 2.69. The third-order valence-electron chi connectivity index (χ3n) is 5.00. The molecular formula is C21H25NO3S. The summed E-state index contributed by atoms with van der Waals surface area (Å²) in [4.78, 5) is 2.33. The maximum absolute atomic E-state index is 10.7. The molecule has 4 nitrogen and oxygen atoms in total. The fourth-order valence-corrected chi connectivity index (χ4v) is 5.07. The quantitative estimate of drug-likeness (QED) is 0.846. The molecule has 0 aromatic heterocycles. The largest absolute Gasteiger partial charge is 0.389 e. The van der Waals surface area contributed by atoms with E-state index in [1.54, 1.807) is 0 Å². The first kappa shape index (κ1) is 18.0. The fourth-order valence-electron chi connectivity index (χ4n) is 3.66. The number of thioether (sulfide) groups is 1. The van der Waals surface area contributed by atoms with E-state index in [1.807, 2.05) is 60.3 Å². The van der Waals surface area contributed by atoms with E-state index in [4.69, 9.17) is 9.47 Å². The zero-order valence-electron chi connectivity index (χ0n) is 14.7. The smallest absolute Gasteiger partial charge is 0.114 e. The van der Waals surface area contributed by atoms with Crippen LogP contribution in [0.5, 0.6) is 0 Å². The summed E-state index contributed by atoms with van der Waals surface area (Å²) in [6.07, 6.45) is -0.990. The van der Waals surface area contributed by atoms with Crippen LogP contribution in [0, 0.1) is 0 Å². The van der Waals surface area contributed by atoms with E-state index in [0.29, 0.717) is 19.8 Å². The highest BCUT2D eigenvalue weighted by Crippen LogP contribution is 2.36. The molecule has 5 heteroatoms. The average molecular weight is 372 g/mol. The Bertz CT molecular complexity index is 684. The molecule has 26 heavy (non-hydrogen) atoms. The Balaban J connectivity index is 1.46. The van der Waals surface area contributed by atoms with Gasteiger partial charge >= 0.3 is 0 Å². The van der Waals surface area contributed by atoms with Crippen molar-refractivity contribution in [1.82, 2.24) is 4.90 Å². The summed E-state index contributed by atoms with van der Waals surface area (Å²) >= 11 is 1.91. The average Bonchev–Trinajstić information content (AvgIpc) is 3.14. The van der Waals surface area contributed by atoms with Crippen LogP contribution >= 0.6 is 11.8 Å². The molecule has 0 saturated carbocycles. The van der Waals surface area contributed by atoms with Crippen LogP contribution in [0.2, 0.25) is 0 Å². The number of hydrogen-bond acceptors (Lipinski definition) is 5. The lowest BCUT2D eigenvalue weighted by molar-refractivity contribution is -0.170. The molecule has 2 aliphatic heterocycles. The number of fused-ring (bicyclic) bond motifs is 1. The fraction of sp³-hybridized carbons (Fsp3) is 0.429. The SMILES string of the molecule is O[C@@H]1CN2CCS[C@H]2[C@H](OCc2ccccc2)[C@@H]1OCc1ccccc1. The van der Waals surface area contributed by atoms with E-state index in [0.717, 1.165) is 23.4 Å². The van der Waals surface area contributed by atoms with Crippen LogP contribution in [0.3, 0.4) is 0 Å². The number of hydrogen-bond donors (Lipinski definition) is 1. The first-order valence-electron chi connectivity index (χ1n) is 9.16. The van der Waals surface area contributed by atoms with Gasteiger partial charge in [-0.3, -0.25) is 4.90 Å². The highest BCUT2D eigenvalue weighted by atomic mass is 32.2. The van der Waals surface area contributed by atoms with E-state index in [1.165, 1.54) is 0 Å². The van der Waals surface area contributed by atoms with E-state index in [-0.39, 0.29) is 17.6 Å². The maximum Gasteiger partial charge on any atom is 0.114 e. The summed E-state index contributed by atoms with van der Waals surface area (Å²) < 4.78 is 12.5. The molecule has 2 heterocycles. The van der Waals surface area contributed by atoms with Gasteiger partial charge in [0, 0.05) is 18.8 Å². The predicted octanol–water partition coefficient (Wildman–Crippen LogP) is 2.91. The van der Waals surface area contributed by atoms with Gasteiger partial charge in [0.1, 0.15) is 12.2 Å². The first-order valence-corrected chi connectivity index (χ1v) is 10.2. The summed E-state index contributed by atoms with van der Waals surface area (Å²) in [7, 11) is 0. The van der Waals surface area contributed by atoms with Crippen molar-refractivity contribution in [3.8, 4) is 0 Å². The predicted molar refractivity (Wildman–Crippen MR) is 104 cm³/mol. The van der Waals surface area contributed by atoms with Crippen molar-refractivity contribution in [1.29, 1.82) is 0 Å². The van der Waals surface area contributed by atoms with Gasteiger partial charge in [0.05, 0.1) is 24.7 Å². The highest BCUT2D eigenvalue weighted by Gasteiger charge is 2.46. The van der Waals surface area contributed by atoms with Crippen molar-refractivity contribution in [2.24, 2.45) is 0 Å². The monoisotopic (exact) mass is 371 g/mol. The minimum absolute atomic E-state index is 0.143. The van der Waals surface area contributed by atoms with Crippen LogP contribution in [0.15, 0.2) is 60.7 Å². The number of aliphatic hydroxyl groups is 1. The maximum atomic E-state index is 10.7. The van der Waals surface area contributed by atoms with Crippen molar-refractivity contribution >= 4 is 11.8 Å². The van der Waals surface area contributed by atoms with E-state index in [9.17, 15) is 5.11 Å². The first-order chi connectivity index (χ1) is 12.8. The molecule has 0 unspecified atom stereocenters. The molecule has 2 aromatic rings. The Morgan fingerprint density at radius 2 is 1.46 bits per heavy atom. The zero-order chi connectivity index (χ0) is 17.8. The summed E-state index contributed by atoms with van der Waals surface area (Å²) in [5, 5.41) is 11.0. The molecule has 0 radical (unpaired) electrons. The van der Waals surface area contributed by atoms with E-state index >= 15 is 0 Å². The normalized spacial score (nSPS) is 28.8. The molecule has 0 spiro atoms. The molecule has 0 bridgehead atoms. The van der Waals surface area contributed by atoms with E-state index < -0.39 is 6.10 Å². The number of aliphatic hydroxyl groups excluding tert-OH is 1. The Morgan fingerprint density at radius 1 is 0.885 bits per heavy atom. The Morgan fingerprint density at radius 3 is 2.08 bits per heavy atom. The third kappa shape index (κ3) is 4.13. The second-order valence-electron chi connectivity index (χ2n) is 6.85. The Labute approximate surface area is 159 Å². The van der Waals surface area contributed by atoms with Crippen LogP contribution in [-0.4, -0.2) is 52.5 Å². The zero-order valence-corrected chi connectivity index (χ0v) is 15.6. The molecule has 2 fully saturated rings. The number of ether oxygens (including phenoxy) is 2. The topological polar surface area (TPSA) is 41.9 Å². The summed E-state index contributed by atoms with van der Waals surface area (Å²) in [5.74, 6) is 1.08. The van der Waals surface area contributed by atoms with Crippen LogP contribution in [0.1, 0.15) is 11.1 Å². The van der Waals surface area contributed by atoms with Crippen molar-refractivity contribution < 1.29 is 14.6 Å². The standard InChI is InChI=1S/C21H25NO3S/c23-18-13-22-11-12-26-21(22)20(25-15-17-9-5-2-6-10-17)19(18)24-14-16-7-3-1-4-8-16/h1-10,18-21,23H,11-15H2/t18-,19-,20-,21+/m1/s1. The van der Waals surface area contributed by atoms with Crippen LogP contribution in [0.4, 0.5) is 0 Å². The minimum Gasteiger partial charge on any atom is -0.389 e. The second-order valence-corrected chi connectivity index (χ2v) is 8.07. The lowest BCUT2D eigenvalue weighted by atomic mass is 10.0. The molecule has 2 aliphatic rings. The molecule has 0 amide bonds. The molecule has 0 aliphatic carbocycles. The van der Waals surface area contributed by atoms with Gasteiger partial charge in [-0.2, -0.15) is 0 Å². The Hall–Kier alpha value is -1.37. The Kier molecular flexibility index (Phi) is 5.92. The molecule has 1 N–H and O–H groups in total. The molecular weight excluding hydrogens is 346 g/mol. The van der Waals surface area contributed by atoms with Gasteiger partial charge in [-0.1, -0.05) is 60.7 Å². The van der Waals surface area contributed by atoms with Gasteiger partial charge in [-0.15, -0.1) is 11.8 Å². The van der Waals surface area contributed by atoms with Gasteiger partial charge in [0.2, 0.25) is 0 Å². The van der Waals surface area contributed by atoms with Crippen LogP contribution in [-0.2, 0) is 22.7 Å². The van der Waals surface area contributed by atoms with Crippen LogP contribution < -0.4 is 0 Å². The molecule has 138 valence electrons. The van der Waals surface area contributed by atoms with Crippen molar-refractivity contribution in [3.63, 3.8) is 0 Å². The van der Waals surface area contributed by atoms with E-state index in [2.05, 4.69) is 17.0 Å². The summed E-state index contributed by atoms with van der Waals surface area (Å²) in [5.41, 5.74) is 2.26. The minimum atomic E-state index is -0.533. The summed E-state index contributed by atoms with van der Waals surface area (Å²) in [6, 6.07) is 20.3. The van der Waals surface area contributed by atoms with Gasteiger partial charge < -0.3 is 14.6 Å². The lowest BCUT2D eigenvalue weighted by Crippen LogP contribution is -2.59. The number of nitrogens with zero attached hydrogens (tertiary/aromatic N) is 1. The lowest BCUT2D eigenvalue weighted by Gasteiger charge is -2.43. The third-order valence-corrected chi connectivity index (χ3v) is 6.33. The number of rotatable bonds is 6. The molecule has 2 saturated heterocycles. The van der Waals surface area contributed by atoms with Crippen molar-refractivity contribution in [2.75, 3.05) is 18.8 Å². The highest BCUT2D eigenvalue weighted by molar-refractivity contribution is 8.00. The number of benzene rings is 2. The van der Waals surface area contributed by atoms with Gasteiger partial charge in [-0.25, -0.2) is 0 Å². The van der Waals surface area contributed by atoms with Gasteiger partial charge in [0.15, 0.2) is 0 Å². The molecule has 2 aromatic carbocycles.